The van der Waals surface area contributed by atoms with E-state index in [1.54, 1.807) is 0 Å². The predicted molar refractivity (Wildman–Crippen MR) is 86.7 cm³/mol. The van der Waals surface area contributed by atoms with Gasteiger partial charge in [0, 0.05) is 6.54 Å². The summed E-state index contributed by atoms with van der Waals surface area (Å²) in [5, 5.41) is 0.732. The van der Waals surface area contributed by atoms with Crippen LogP contribution < -0.4 is 0 Å². The first-order valence-electron chi connectivity index (χ1n) is 7.14. The molecule has 0 saturated carbocycles. The molecule has 23 heavy (non-hydrogen) atoms. The van der Waals surface area contributed by atoms with Gasteiger partial charge in [0.25, 0.3) is 0 Å². The van der Waals surface area contributed by atoms with Gasteiger partial charge < -0.3 is 4.57 Å². The molecule has 0 atom stereocenters. The summed E-state index contributed by atoms with van der Waals surface area (Å²) in [7, 11) is 0. The Balaban J connectivity index is 1.95. The first-order valence-corrected chi connectivity index (χ1v) is 8.37. The second-order valence-electron chi connectivity index (χ2n) is 5.19. The molecular weight excluding hydrogens is 321 g/mol. The van der Waals surface area contributed by atoms with E-state index in [0.717, 1.165) is 29.2 Å². The average molecular weight is 336 g/mol. The number of alkyl halides is 3. The zero-order valence-corrected chi connectivity index (χ0v) is 13.3. The number of rotatable bonds is 4. The largest absolute Gasteiger partial charge is 0.416 e. The topological polar surface area (TPSA) is 17.8 Å². The summed E-state index contributed by atoms with van der Waals surface area (Å²) >= 11 is 1.44. The Morgan fingerprint density at radius 1 is 1.09 bits per heavy atom. The molecule has 1 heterocycles. The van der Waals surface area contributed by atoms with Crippen molar-refractivity contribution in [3.05, 3.63) is 59.7 Å². The van der Waals surface area contributed by atoms with Crippen LogP contribution >= 0.6 is 11.8 Å². The van der Waals surface area contributed by atoms with Crippen LogP contribution in [0, 0.1) is 0 Å². The molecule has 0 aliphatic rings. The third-order valence-corrected chi connectivity index (χ3v) is 4.37. The van der Waals surface area contributed by atoms with Crippen LogP contribution in [-0.2, 0) is 19.1 Å². The Morgan fingerprint density at radius 2 is 1.83 bits per heavy atom. The van der Waals surface area contributed by atoms with E-state index in [1.165, 1.54) is 23.4 Å². The smallest absolute Gasteiger partial charge is 0.319 e. The van der Waals surface area contributed by atoms with Gasteiger partial charge in [0.1, 0.15) is 0 Å². The van der Waals surface area contributed by atoms with Crippen molar-refractivity contribution in [1.29, 1.82) is 0 Å². The molecule has 120 valence electrons. The maximum atomic E-state index is 12.8. The van der Waals surface area contributed by atoms with Gasteiger partial charge in [-0.25, -0.2) is 4.98 Å². The van der Waals surface area contributed by atoms with Gasteiger partial charge in [0.2, 0.25) is 0 Å². The third kappa shape index (κ3) is 3.37. The van der Waals surface area contributed by atoms with Gasteiger partial charge in [-0.15, -0.1) is 0 Å². The number of halogens is 3. The third-order valence-electron chi connectivity index (χ3n) is 3.69. The standard InChI is InChI=1S/C17H15F3N2S/c1-23-16-21-14-11-13(17(18,19)20)7-8-15(14)22(16)10-9-12-5-3-2-4-6-12/h2-8,11H,9-10H2,1H3. The predicted octanol–water partition coefficient (Wildman–Crippen LogP) is 5.02. The Morgan fingerprint density at radius 3 is 2.48 bits per heavy atom. The van der Waals surface area contributed by atoms with Crippen LogP contribution in [0.4, 0.5) is 13.2 Å². The molecule has 0 saturated heterocycles. The molecule has 1 aromatic heterocycles. The van der Waals surface area contributed by atoms with Gasteiger partial charge >= 0.3 is 6.18 Å². The lowest BCUT2D eigenvalue weighted by Crippen LogP contribution is -2.05. The summed E-state index contributed by atoms with van der Waals surface area (Å²) in [5.41, 5.74) is 1.65. The van der Waals surface area contributed by atoms with E-state index in [9.17, 15) is 13.2 Å². The lowest BCUT2D eigenvalue weighted by molar-refractivity contribution is -0.137. The molecule has 0 radical (unpaired) electrons. The quantitative estimate of drug-likeness (QED) is 0.623. The van der Waals surface area contributed by atoms with Gasteiger partial charge in [-0.05, 0) is 36.4 Å². The van der Waals surface area contributed by atoms with Crippen LogP contribution in [-0.4, -0.2) is 15.8 Å². The highest BCUT2D eigenvalue weighted by molar-refractivity contribution is 7.98. The molecule has 0 N–H and O–H groups in total. The molecule has 0 amide bonds. The molecule has 2 aromatic carbocycles. The van der Waals surface area contributed by atoms with Gasteiger partial charge in [0.05, 0.1) is 16.6 Å². The van der Waals surface area contributed by atoms with Crippen molar-refractivity contribution in [2.75, 3.05) is 6.26 Å². The molecule has 0 aliphatic carbocycles. The van der Waals surface area contributed by atoms with Crippen molar-refractivity contribution >= 4 is 22.8 Å². The van der Waals surface area contributed by atoms with Gasteiger partial charge in [0.15, 0.2) is 5.16 Å². The van der Waals surface area contributed by atoms with E-state index >= 15 is 0 Å². The molecule has 3 rings (SSSR count). The minimum atomic E-state index is -4.35. The van der Waals surface area contributed by atoms with Crippen molar-refractivity contribution in [1.82, 2.24) is 9.55 Å². The number of hydrogen-bond donors (Lipinski definition) is 0. The zero-order chi connectivity index (χ0) is 16.4. The van der Waals surface area contributed by atoms with Crippen molar-refractivity contribution in [3.63, 3.8) is 0 Å². The van der Waals surface area contributed by atoms with Crippen molar-refractivity contribution in [3.8, 4) is 0 Å². The number of aryl methyl sites for hydroxylation is 2. The van der Waals surface area contributed by atoms with Crippen molar-refractivity contribution < 1.29 is 13.2 Å². The van der Waals surface area contributed by atoms with E-state index in [1.807, 2.05) is 41.2 Å². The number of imidazole rings is 1. The zero-order valence-electron chi connectivity index (χ0n) is 12.5. The fourth-order valence-electron chi connectivity index (χ4n) is 2.54. The number of hydrogen-bond acceptors (Lipinski definition) is 2. The Labute approximate surface area is 136 Å². The second-order valence-corrected chi connectivity index (χ2v) is 5.96. The number of fused-ring (bicyclic) bond motifs is 1. The Bertz CT molecular complexity index is 810. The average Bonchev–Trinajstić information content (AvgIpc) is 2.90. The minimum absolute atomic E-state index is 0.386. The summed E-state index contributed by atoms with van der Waals surface area (Å²) in [4.78, 5) is 4.34. The van der Waals surface area contributed by atoms with Crippen LogP contribution in [0.15, 0.2) is 53.7 Å². The number of thioether (sulfide) groups is 1. The lowest BCUT2D eigenvalue weighted by atomic mass is 10.1. The molecular formula is C17H15F3N2S. The molecule has 3 aromatic rings. The maximum Gasteiger partial charge on any atom is 0.416 e. The van der Waals surface area contributed by atoms with Crippen LogP contribution in [0.2, 0.25) is 0 Å². The second kappa shape index (κ2) is 6.28. The van der Waals surface area contributed by atoms with Crippen LogP contribution in [0.25, 0.3) is 11.0 Å². The Hall–Kier alpha value is -1.95. The van der Waals surface area contributed by atoms with E-state index in [0.29, 0.717) is 12.1 Å². The van der Waals surface area contributed by atoms with E-state index in [2.05, 4.69) is 4.98 Å². The van der Waals surface area contributed by atoms with Crippen LogP contribution in [0.1, 0.15) is 11.1 Å². The maximum absolute atomic E-state index is 12.8. The normalized spacial score (nSPS) is 12.0. The molecule has 0 aliphatic heterocycles. The summed E-state index contributed by atoms with van der Waals surface area (Å²) in [6.07, 6.45) is -1.66. The SMILES string of the molecule is CSc1nc2cc(C(F)(F)F)ccc2n1CCc1ccccc1. The van der Waals surface area contributed by atoms with Crippen LogP contribution in [0.5, 0.6) is 0 Å². The van der Waals surface area contributed by atoms with Crippen LogP contribution in [0.3, 0.4) is 0 Å². The Kier molecular flexibility index (Phi) is 4.35. The highest BCUT2D eigenvalue weighted by Gasteiger charge is 2.31. The molecule has 0 fully saturated rings. The van der Waals surface area contributed by atoms with Gasteiger partial charge in [-0.1, -0.05) is 42.1 Å². The van der Waals surface area contributed by atoms with Gasteiger partial charge in [-0.3, -0.25) is 0 Å². The highest BCUT2D eigenvalue weighted by atomic mass is 32.2. The first kappa shape index (κ1) is 15.9. The minimum Gasteiger partial charge on any atom is -0.319 e. The first-order chi connectivity index (χ1) is 11.0. The van der Waals surface area contributed by atoms with Crippen molar-refractivity contribution in [2.24, 2.45) is 0 Å². The van der Waals surface area contributed by atoms with Crippen molar-refractivity contribution in [2.45, 2.75) is 24.3 Å². The number of benzene rings is 2. The number of nitrogens with zero attached hydrogens (tertiary/aromatic N) is 2. The summed E-state index contributed by atoms with van der Waals surface area (Å²) in [6.45, 7) is 0.683. The number of aromatic nitrogens is 2. The van der Waals surface area contributed by atoms with Gasteiger partial charge in [-0.2, -0.15) is 13.2 Å². The monoisotopic (exact) mass is 336 g/mol. The summed E-state index contributed by atoms with van der Waals surface area (Å²) in [5.74, 6) is 0. The molecule has 2 nitrogen and oxygen atoms in total. The van der Waals surface area contributed by atoms with E-state index in [-0.39, 0.29) is 0 Å². The lowest BCUT2D eigenvalue weighted by Gasteiger charge is -2.09. The van der Waals surface area contributed by atoms with E-state index in [4.69, 9.17) is 0 Å². The summed E-state index contributed by atoms with van der Waals surface area (Å²) < 4.78 is 40.5. The highest BCUT2D eigenvalue weighted by Crippen LogP contribution is 2.32. The molecule has 6 heteroatoms. The summed E-state index contributed by atoms with van der Waals surface area (Å²) in [6, 6.07) is 13.7. The van der Waals surface area contributed by atoms with E-state index < -0.39 is 11.7 Å². The molecule has 0 spiro atoms. The fraction of sp³-hybridized carbons (Fsp3) is 0.235. The molecule has 0 unspecified atom stereocenters. The fourth-order valence-corrected chi connectivity index (χ4v) is 3.14. The molecule has 0 bridgehead atoms.